The molecule has 1 saturated carbocycles. The molecule has 1 aromatic rings. The van der Waals surface area contributed by atoms with Gasteiger partial charge in [0, 0.05) is 0 Å². The smallest absolute Gasteiger partial charge is 0.308 e. The monoisotopic (exact) mass is 264 g/mol. The zero-order valence-corrected chi connectivity index (χ0v) is 11.1. The predicted octanol–water partition coefficient (Wildman–Crippen LogP) is 1.91. The molecule has 1 aromatic carbocycles. The lowest BCUT2D eigenvalue weighted by Crippen LogP contribution is -2.22. The van der Waals surface area contributed by atoms with E-state index in [-0.39, 0.29) is 18.5 Å². The maximum atomic E-state index is 11.1. The van der Waals surface area contributed by atoms with Gasteiger partial charge in [-0.25, -0.2) is 0 Å². The number of hydrogen-bond acceptors (Lipinski definition) is 4. The van der Waals surface area contributed by atoms with Crippen LogP contribution in [0.5, 0.6) is 0 Å². The highest BCUT2D eigenvalue weighted by atomic mass is 16.6. The molecule has 3 unspecified atom stereocenters. The van der Waals surface area contributed by atoms with Crippen molar-refractivity contribution in [2.24, 2.45) is 5.92 Å². The third-order valence-electron chi connectivity index (χ3n) is 3.56. The number of methoxy groups -OCH3 is 1. The van der Waals surface area contributed by atoms with Crippen LogP contribution in [0, 0.1) is 5.92 Å². The number of esters is 1. The van der Waals surface area contributed by atoms with Gasteiger partial charge in [0.1, 0.15) is 0 Å². The average Bonchev–Trinajstić information content (AvgIpc) is 3.26. The summed E-state index contributed by atoms with van der Waals surface area (Å²) in [7, 11) is 1.45. The Kier molecular flexibility index (Phi) is 4.93. The van der Waals surface area contributed by atoms with E-state index in [9.17, 15) is 4.79 Å². The van der Waals surface area contributed by atoms with Crippen LogP contribution in [-0.2, 0) is 20.9 Å². The zero-order chi connectivity index (χ0) is 13.7. The Labute approximate surface area is 113 Å². The first-order valence-electron chi connectivity index (χ1n) is 6.62. The summed E-state index contributed by atoms with van der Waals surface area (Å²) in [5.74, 6) is 0.0303. The Hall–Kier alpha value is -1.39. The molecule has 4 nitrogen and oxygen atoms in total. The highest BCUT2D eigenvalue weighted by molar-refractivity contribution is 5.72. The second kappa shape index (κ2) is 6.68. The minimum atomic E-state index is -0.0704. The van der Waals surface area contributed by atoms with E-state index < -0.39 is 0 Å². The Bertz CT molecular complexity index is 404. The Morgan fingerprint density at radius 2 is 2.05 bits per heavy atom. The van der Waals surface area contributed by atoms with E-state index in [1.54, 1.807) is 0 Å². The van der Waals surface area contributed by atoms with Crippen LogP contribution in [0.15, 0.2) is 30.3 Å². The van der Waals surface area contributed by atoms with Crippen LogP contribution in [0.4, 0.5) is 0 Å². The summed E-state index contributed by atoms with van der Waals surface area (Å²) in [6, 6.07) is 9.52. The lowest BCUT2D eigenvalue weighted by atomic mass is 9.89. The minimum absolute atomic E-state index is 0.0704. The third kappa shape index (κ3) is 4.04. The Morgan fingerprint density at radius 1 is 1.32 bits per heavy atom. The Morgan fingerprint density at radius 3 is 2.58 bits per heavy atom. The molecule has 1 N–H and O–H groups in total. The summed E-state index contributed by atoms with van der Waals surface area (Å²) in [6.07, 6.45) is 3.68. The predicted molar refractivity (Wildman–Crippen MR) is 70.4 cm³/mol. The largest absolute Gasteiger partial charge is 0.469 e. The summed E-state index contributed by atoms with van der Waals surface area (Å²) in [5, 5.41) is 8.54. The molecule has 19 heavy (non-hydrogen) atoms. The van der Waals surface area contributed by atoms with Crippen LogP contribution >= 0.6 is 0 Å². The van der Waals surface area contributed by atoms with Crippen molar-refractivity contribution in [3.8, 4) is 0 Å². The average molecular weight is 264 g/mol. The van der Waals surface area contributed by atoms with Gasteiger partial charge in [-0.3, -0.25) is 4.79 Å². The summed E-state index contributed by atoms with van der Waals surface area (Å²) in [4.78, 5) is 11.1. The molecule has 1 heterocycles. The van der Waals surface area contributed by atoms with Crippen LogP contribution < -0.4 is 0 Å². The molecule has 104 valence electrons. The van der Waals surface area contributed by atoms with Crippen molar-refractivity contribution in [3.05, 3.63) is 35.9 Å². The van der Waals surface area contributed by atoms with Crippen molar-refractivity contribution in [1.29, 1.82) is 0 Å². The molecule has 0 amide bonds. The van der Waals surface area contributed by atoms with Crippen molar-refractivity contribution >= 4 is 5.97 Å². The summed E-state index contributed by atoms with van der Waals surface area (Å²) in [6.45, 7) is 0.140. The van der Waals surface area contributed by atoms with Gasteiger partial charge in [-0.1, -0.05) is 30.3 Å². The van der Waals surface area contributed by atoms with Gasteiger partial charge in [-0.05, 0) is 24.8 Å². The van der Waals surface area contributed by atoms with Crippen molar-refractivity contribution in [3.63, 3.8) is 0 Å². The molecule has 1 aliphatic heterocycles. The zero-order valence-electron chi connectivity index (χ0n) is 11.1. The lowest BCUT2D eigenvalue weighted by molar-refractivity contribution is -0.146. The molecule has 1 saturated heterocycles. The van der Waals surface area contributed by atoms with Gasteiger partial charge in [0.25, 0.3) is 0 Å². The van der Waals surface area contributed by atoms with E-state index >= 15 is 0 Å². The van der Waals surface area contributed by atoms with Crippen molar-refractivity contribution in [1.82, 2.24) is 0 Å². The van der Waals surface area contributed by atoms with Crippen LogP contribution in [0.3, 0.4) is 0 Å². The number of aliphatic hydroxyl groups is 1. The standard InChI is InChI=1S/C8H12O3.C7H8O/c1-10-8(9)5-2-3-6-7(4-5)11-6;8-6-7-4-2-1-3-5-7/h5-7H,2-4H2,1H3;1-5,8H,6H2. The summed E-state index contributed by atoms with van der Waals surface area (Å²) in [5.41, 5.74) is 0.965. The first-order chi connectivity index (χ1) is 9.24. The maximum Gasteiger partial charge on any atom is 0.308 e. The van der Waals surface area contributed by atoms with E-state index in [0.29, 0.717) is 12.2 Å². The normalized spacial score (nSPS) is 27.6. The number of fused-ring (bicyclic) bond motifs is 1. The summed E-state index contributed by atoms with van der Waals surface area (Å²) >= 11 is 0. The Balaban J connectivity index is 0.000000148. The topological polar surface area (TPSA) is 59.1 Å². The second-order valence-electron chi connectivity index (χ2n) is 4.89. The number of epoxide rings is 1. The molecule has 2 fully saturated rings. The van der Waals surface area contributed by atoms with Gasteiger partial charge in [-0.15, -0.1) is 0 Å². The van der Waals surface area contributed by atoms with Gasteiger partial charge in [0.2, 0.25) is 0 Å². The van der Waals surface area contributed by atoms with Crippen molar-refractivity contribution in [2.45, 2.75) is 38.1 Å². The van der Waals surface area contributed by atoms with Gasteiger partial charge in [0.15, 0.2) is 0 Å². The van der Waals surface area contributed by atoms with E-state index in [1.165, 1.54) is 7.11 Å². The molecular formula is C15H20O4. The van der Waals surface area contributed by atoms with E-state index in [1.807, 2.05) is 30.3 Å². The van der Waals surface area contributed by atoms with E-state index in [4.69, 9.17) is 9.84 Å². The molecule has 0 radical (unpaired) electrons. The molecule has 4 heteroatoms. The van der Waals surface area contributed by atoms with Gasteiger partial charge >= 0.3 is 5.97 Å². The van der Waals surface area contributed by atoms with Crippen LogP contribution in [0.1, 0.15) is 24.8 Å². The fourth-order valence-electron chi connectivity index (χ4n) is 2.37. The van der Waals surface area contributed by atoms with E-state index in [0.717, 1.165) is 24.8 Å². The number of ether oxygens (including phenoxy) is 2. The first kappa shape index (κ1) is 14.0. The number of carbonyl (C=O) groups is 1. The van der Waals surface area contributed by atoms with Gasteiger partial charge in [0.05, 0.1) is 31.8 Å². The highest BCUT2D eigenvalue weighted by Gasteiger charge is 2.45. The SMILES string of the molecule is COC(=O)C1CCC2OC2C1.OCc1ccccc1. The fourth-order valence-corrected chi connectivity index (χ4v) is 2.37. The van der Waals surface area contributed by atoms with E-state index in [2.05, 4.69) is 4.74 Å². The van der Waals surface area contributed by atoms with Crippen LogP contribution in [0.2, 0.25) is 0 Å². The maximum absolute atomic E-state index is 11.1. The lowest BCUT2D eigenvalue weighted by Gasteiger charge is -2.15. The molecule has 0 aromatic heterocycles. The number of rotatable bonds is 2. The highest BCUT2D eigenvalue weighted by Crippen LogP contribution is 2.39. The van der Waals surface area contributed by atoms with Gasteiger partial charge < -0.3 is 14.6 Å². The number of aliphatic hydroxyl groups excluding tert-OH is 1. The molecule has 1 aliphatic carbocycles. The molecule has 2 aliphatic rings. The quantitative estimate of drug-likeness (QED) is 0.655. The first-order valence-corrected chi connectivity index (χ1v) is 6.62. The molecular weight excluding hydrogens is 244 g/mol. The molecule has 0 spiro atoms. The molecule has 0 bridgehead atoms. The number of hydrogen-bond donors (Lipinski definition) is 1. The van der Waals surface area contributed by atoms with Gasteiger partial charge in [-0.2, -0.15) is 0 Å². The van der Waals surface area contributed by atoms with Crippen LogP contribution in [0.25, 0.3) is 0 Å². The van der Waals surface area contributed by atoms with Crippen LogP contribution in [-0.4, -0.2) is 30.4 Å². The third-order valence-corrected chi connectivity index (χ3v) is 3.56. The molecule has 3 atom stereocenters. The van der Waals surface area contributed by atoms with Crippen molar-refractivity contribution < 1.29 is 19.4 Å². The van der Waals surface area contributed by atoms with Crippen molar-refractivity contribution in [2.75, 3.05) is 7.11 Å². The minimum Gasteiger partial charge on any atom is -0.469 e. The number of benzene rings is 1. The number of carbonyl (C=O) groups excluding carboxylic acids is 1. The fraction of sp³-hybridized carbons (Fsp3) is 0.533. The second-order valence-corrected chi connectivity index (χ2v) is 4.89. The summed E-state index contributed by atoms with van der Waals surface area (Å²) < 4.78 is 9.96. The molecule has 3 rings (SSSR count).